The van der Waals surface area contributed by atoms with Crippen molar-refractivity contribution in [3.8, 4) is 0 Å². The van der Waals surface area contributed by atoms with Crippen LogP contribution in [0.5, 0.6) is 0 Å². The molecule has 10 heteroatoms. The minimum atomic E-state index is -0.366. The van der Waals surface area contributed by atoms with Gasteiger partial charge >= 0.3 is 0 Å². The normalized spacial score (nSPS) is 19.1. The molecule has 1 N–H and O–H groups in total. The Morgan fingerprint density at radius 3 is 2.67 bits per heavy atom. The summed E-state index contributed by atoms with van der Waals surface area (Å²) in [7, 11) is 3.68. The second-order valence-corrected chi connectivity index (χ2v) is 7.26. The Bertz CT molecular complexity index is 1010. The summed E-state index contributed by atoms with van der Waals surface area (Å²) in [5.41, 5.74) is 3.77. The Hall–Kier alpha value is -3.04. The van der Waals surface area contributed by atoms with E-state index in [0.29, 0.717) is 17.8 Å². The molecule has 142 valence electrons. The molecule has 3 aromatic heterocycles. The van der Waals surface area contributed by atoms with Crippen LogP contribution in [0, 0.1) is 19.8 Å². The number of hydrogen-bond donors (Lipinski definition) is 1. The molecule has 0 aliphatic carbocycles. The van der Waals surface area contributed by atoms with E-state index in [1.807, 2.05) is 16.4 Å². The van der Waals surface area contributed by atoms with E-state index in [0.717, 1.165) is 24.5 Å². The zero-order valence-corrected chi connectivity index (χ0v) is 16.1. The van der Waals surface area contributed by atoms with Gasteiger partial charge in [-0.3, -0.25) is 19.5 Å². The maximum atomic E-state index is 12.3. The van der Waals surface area contributed by atoms with Gasteiger partial charge in [0, 0.05) is 37.7 Å². The summed E-state index contributed by atoms with van der Waals surface area (Å²) in [4.78, 5) is 16.8. The number of carbonyl (C=O) groups is 1. The number of nitrogens with one attached hydrogen (secondary N) is 1. The predicted molar refractivity (Wildman–Crippen MR) is 97.3 cm³/mol. The third-order valence-corrected chi connectivity index (χ3v) is 5.31. The molecule has 0 aromatic carbocycles. The monoisotopic (exact) mass is 369 g/mol. The van der Waals surface area contributed by atoms with Gasteiger partial charge in [0.25, 0.3) is 5.91 Å². The molecule has 4 rings (SSSR count). The Morgan fingerprint density at radius 2 is 2.04 bits per heavy atom. The molecule has 0 saturated heterocycles. The van der Waals surface area contributed by atoms with Crippen molar-refractivity contribution in [3.63, 3.8) is 0 Å². The van der Waals surface area contributed by atoms with E-state index < -0.39 is 0 Å². The van der Waals surface area contributed by atoms with Crippen LogP contribution in [0.25, 0.3) is 0 Å². The molecule has 1 aliphatic rings. The molecule has 2 atom stereocenters. The topological polar surface area (TPSA) is 108 Å². The highest BCUT2D eigenvalue weighted by Gasteiger charge is 2.32. The average molecular weight is 369 g/mol. The van der Waals surface area contributed by atoms with Crippen molar-refractivity contribution < 1.29 is 4.79 Å². The number of fused-ring (bicyclic) bond motifs is 1. The number of rotatable bonds is 3. The van der Waals surface area contributed by atoms with Crippen molar-refractivity contribution in [2.75, 3.05) is 5.32 Å². The van der Waals surface area contributed by atoms with Crippen LogP contribution in [0.15, 0.2) is 6.20 Å². The van der Waals surface area contributed by atoms with Crippen molar-refractivity contribution in [2.24, 2.45) is 20.0 Å². The second kappa shape index (κ2) is 6.29. The van der Waals surface area contributed by atoms with Gasteiger partial charge in [-0.25, -0.2) is 4.68 Å². The van der Waals surface area contributed by atoms with Crippen LogP contribution in [0.3, 0.4) is 0 Å². The number of hydrogen-bond acceptors (Lipinski definition) is 6. The fraction of sp³-hybridized carbons (Fsp3) is 0.529. The highest BCUT2D eigenvalue weighted by atomic mass is 16.2. The van der Waals surface area contributed by atoms with Crippen LogP contribution in [-0.2, 0) is 27.1 Å². The quantitative estimate of drug-likeness (QED) is 0.737. The minimum Gasteiger partial charge on any atom is -0.288 e. The van der Waals surface area contributed by atoms with Gasteiger partial charge in [0.15, 0.2) is 5.69 Å². The van der Waals surface area contributed by atoms with Gasteiger partial charge in [0.1, 0.15) is 5.82 Å². The van der Waals surface area contributed by atoms with E-state index in [9.17, 15) is 4.79 Å². The van der Waals surface area contributed by atoms with E-state index in [4.69, 9.17) is 0 Å². The zero-order valence-electron chi connectivity index (χ0n) is 16.1. The summed E-state index contributed by atoms with van der Waals surface area (Å²) in [5.74, 6) is 1.54. The molecule has 1 aliphatic heterocycles. The second-order valence-electron chi connectivity index (χ2n) is 7.26. The molecule has 2 unspecified atom stereocenters. The molecular weight excluding hydrogens is 346 g/mol. The summed E-state index contributed by atoms with van der Waals surface area (Å²) in [6.45, 7) is 7.11. The summed E-state index contributed by atoms with van der Waals surface area (Å²) in [5, 5.41) is 19.3. The van der Waals surface area contributed by atoms with Crippen LogP contribution in [-0.4, -0.2) is 45.4 Å². The number of aryl methyl sites for hydroxylation is 3. The standard InChI is InChI=1S/C17H23N9O/c1-9-6-14-18-17(19-16(27)13-8-24(4)23-20-13)22-26(14)7-12(9)15-10(2)21-25(5)11(15)3/h8-9,12H,6-7H2,1-5H3,(H,19,22,27). The SMILES string of the molecule is Cc1nn(C)c(C)c1C1Cn2nc(NC(=O)c3cn(C)nn3)nc2CC1C. The van der Waals surface area contributed by atoms with Crippen molar-refractivity contribution in [1.82, 2.24) is 39.5 Å². The van der Waals surface area contributed by atoms with Crippen molar-refractivity contribution >= 4 is 11.9 Å². The van der Waals surface area contributed by atoms with E-state index in [-0.39, 0.29) is 11.6 Å². The maximum Gasteiger partial charge on any atom is 0.280 e. The van der Waals surface area contributed by atoms with Crippen LogP contribution in [0.1, 0.15) is 46.1 Å². The first kappa shape index (κ1) is 17.4. The Labute approximate surface area is 156 Å². The van der Waals surface area contributed by atoms with Gasteiger partial charge < -0.3 is 0 Å². The maximum absolute atomic E-state index is 12.3. The molecular formula is C17H23N9O. The van der Waals surface area contributed by atoms with E-state index in [2.05, 4.69) is 51.6 Å². The molecule has 1 amide bonds. The first-order valence-electron chi connectivity index (χ1n) is 8.95. The number of anilines is 1. The number of nitrogens with zero attached hydrogens (tertiary/aromatic N) is 8. The summed E-state index contributed by atoms with van der Waals surface area (Å²) >= 11 is 0. The zero-order chi connectivity index (χ0) is 19.3. The lowest BCUT2D eigenvalue weighted by molar-refractivity contribution is 0.102. The highest BCUT2D eigenvalue weighted by Crippen LogP contribution is 2.36. The van der Waals surface area contributed by atoms with Crippen LogP contribution < -0.4 is 5.32 Å². The highest BCUT2D eigenvalue weighted by molar-refractivity contribution is 6.01. The summed E-state index contributed by atoms with van der Waals surface area (Å²) < 4.78 is 5.30. The lowest BCUT2D eigenvalue weighted by atomic mass is 9.82. The predicted octanol–water partition coefficient (Wildman–Crippen LogP) is 0.985. The van der Waals surface area contributed by atoms with Gasteiger partial charge in [0.05, 0.1) is 18.4 Å². The van der Waals surface area contributed by atoms with Crippen LogP contribution >= 0.6 is 0 Å². The van der Waals surface area contributed by atoms with Gasteiger partial charge in [0.2, 0.25) is 5.95 Å². The largest absolute Gasteiger partial charge is 0.288 e. The fourth-order valence-corrected chi connectivity index (χ4v) is 3.84. The lowest BCUT2D eigenvalue weighted by Gasteiger charge is -2.29. The minimum absolute atomic E-state index is 0.234. The number of aromatic nitrogens is 8. The van der Waals surface area contributed by atoms with Gasteiger partial charge in [-0.05, 0) is 19.8 Å². The first-order chi connectivity index (χ1) is 12.8. The lowest BCUT2D eigenvalue weighted by Crippen LogP contribution is -2.27. The number of amides is 1. The molecule has 4 heterocycles. The molecule has 0 radical (unpaired) electrons. The number of carbonyl (C=O) groups excluding carboxylic acids is 1. The Morgan fingerprint density at radius 1 is 1.26 bits per heavy atom. The smallest absolute Gasteiger partial charge is 0.280 e. The van der Waals surface area contributed by atoms with Crippen molar-refractivity contribution in [1.29, 1.82) is 0 Å². The third-order valence-electron chi connectivity index (χ3n) is 5.31. The van der Waals surface area contributed by atoms with Crippen molar-refractivity contribution in [2.45, 2.75) is 39.7 Å². The van der Waals surface area contributed by atoms with Gasteiger partial charge in [-0.15, -0.1) is 10.2 Å². The summed E-state index contributed by atoms with van der Waals surface area (Å²) in [6.07, 6.45) is 2.35. The Balaban J connectivity index is 1.57. The van der Waals surface area contributed by atoms with Crippen LogP contribution in [0.4, 0.5) is 5.95 Å². The molecule has 27 heavy (non-hydrogen) atoms. The average Bonchev–Trinajstić information content (AvgIpc) is 3.26. The van der Waals surface area contributed by atoms with E-state index in [1.54, 1.807) is 13.2 Å². The summed E-state index contributed by atoms with van der Waals surface area (Å²) in [6, 6.07) is 0. The molecule has 0 fully saturated rings. The van der Waals surface area contributed by atoms with Gasteiger partial charge in [-0.1, -0.05) is 12.1 Å². The molecule has 0 saturated carbocycles. The van der Waals surface area contributed by atoms with Crippen LogP contribution in [0.2, 0.25) is 0 Å². The third kappa shape index (κ3) is 3.00. The van der Waals surface area contributed by atoms with Gasteiger partial charge in [-0.2, -0.15) is 10.1 Å². The molecule has 10 nitrogen and oxygen atoms in total. The molecule has 0 spiro atoms. The van der Waals surface area contributed by atoms with E-state index in [1.165, 1.54) is 15.9 Å². The molecule has 3 aromatic rings. The fourth-order valence-electron chi connectivity index (χ4n) is 3.84. The molecule has 0 bridgehead atoms. The van der Waals surface area contributed by atoms with Crippen molar-refractivity contribution in [3.05, 3.63) is 34.7 Å². The van der Waals surface area contributed by atoms with E-state index >= 15 is 0 Å². The Kier molecular flexibility index (Phi) is 4.05. The first-order valence-corrected chi connectivity index (χ1v) is 8.95.